The fraction of sp³-hybridized carbons (Fsp3) is 0.400. The van der Waals surface area contributed by atoms with E-state index in [0.29, 0.717) is 31.5 Å². The number of hydrogen-bond acceptors (Lipinski definition) is 4. The van der Waals surface area contributed by atoms with Gasteiger partial charge in [0, 0.05) is 36.5 Å². The minimum absolute atomic E-state index is 0.0221. The summed E-state index contributed by atoms with van der Waals surface area (Å²) in [6.45, 7) is 1.39. The van der Waals surface area contributed by atoms with E-state index >= 15 is 0 Å². The largest absolute Gasteiger partial charge is 0.496 e. The number of methoxy groups -OCH3 is 1. The highest BCUT2D eigenvalue weighted by Crippen LogP contribution is 2.26. The van der Waals surface area contributed by atoms with Gasteiger partial charge in [0.2, 0.25) is 5.91 Å². The van der Waals surface area contributed by atoms with E-state index in [1.54, 1.807) is 7.11 Å². The summed E-state index contributed by atoms with van der Waals surface area (Å²) >= 11 is 4.99. The van der Waals surface area contributed by atoms with Crippen molar-refractivity contribution < 1.29 is 14.3 Å². The number of benzene rings is 1. The molecule has 2 amide bonds. The number of piperidine rings is 1. The number of likely N-dealkylation sites (tertiary alicyclic amines) is 1. The van der Waals surface area contributed by atoms with Crippen molar-refractivity contribution in [3.63, 3.8) is 0 Å². The number of carbonyl (C=O) groups excluding carboxylic acids is 2. The van der Waals surface area contributed by atoms with Crippen LogP contribution < -0.4 is 10.1 Å². The van der Waals surface area contributed by atoms with E-state index in [2.05, 4.69) is 21.2 Å². The molecular formula is C20H23BrN2O3S. The second-order valence-electron chi connectivity index (χ2n) is 6.61. The summed E-state index contributed by atoms with van der Waals surface area (Å²) in [5.41, 5.74) is 1.82. The van der Waals surface area contributed by atoms with Crippen LogP contribution in [0.5, 0.6) is 5.75 Å². The predicted octanol–water partition coefficient (Wildman–Crippen LogP) is 3.87. The van der Waals surface area contributed by atoms with E-state index in [0.717, 1.165) is 28.6 Å². The number of carbonyl (C=O) groups is 2. The Balaban J connectivity index is 1.43. The Morgan fingerprint density at radius 2 is 2.07 bits per heavy atom. The van der Waals surface area contributed by atoms with Gasteiger partial charge in [0.15, 0.2) is 0 Å². The van der Waals surface area contributed by atoms with Gasteiger partial charge in [0.25, 0.3) is 5.91 Å². The number of ether oxygens (including phenoxy) is 1. The average molecular weight is 451 g/mol. The highest BCUT2D eigenvalue weighted by molar-refractivity contribution is 9.10. The van der Waals surface area contributed by atoms with E-state index in [4.69, 9.17) is 4.74 Å². The Morgan fingerprint density at radius 3 is 2.70 bits per heavy atom. The lowest BCUT2D eigenvalue weighted by Crippen LogP contribution is -2.46. The molecule has 0 saturated carbocycles. The SMILES string of the molecule is COc1ccc(CCC(=O)N2CCC(NC(=O)c3ccsc3)CC2)cc1Br. The molecule has 0 aliphatic carbocycles. The van der Waals surface area contributed by atoms with Crippen LogP contribution in [0.4, 0.5) is 0 Å². The van der Waals surface area contributed by atoms with Gasteiger partial charge in [-0.1, -0.05) is 6.07 Å². The maximum absolute atomic E-state index is 12.5. The molecule has 7 heteroatoms. The zero-order valence-corrected chi connectivity index (χ0v) is 17.6. The van der Waals surface area contributed by atoms with Crippen molar-refractivity contribution in [1.29, 1.82) is 0 Å². The molecule has 5 nitrogen and oxygen atoms in total. The van der Waals surface area contributed by atoms with E-state index in [1.807, 2.05) is 39.9 Å². The zero-order valence-electron chi connectivity index (χ0n) is 15.2. The van der Waals surface area contributed by atoms with Crippen molar-refractivity contribution in [3.05, 3.63) is 50.6 Å². The van der Waals surface area contributed by atoms with Crippen molar-refractivity contribution in [2.75, 3.05) is 20.2 Å². The van der Waals surface area contributed by atoms with Gasteiger partial charge in [-0.25, -0.2) is 0 Å². The number of amides is 2. The molecule has 27 heavy (non-hydrogen) atoms. The second-order valence-corrected chi connectivity index (χ2v) is 8.24. The Labute approximate surface area is 171 Å². The summed E-state index contributed by atoms with van der Waals surface area (Å²) in [5, 5.41) is 6.82. The molecular weight excluding hydrogens is 428 g/mol. The zero-order chi connectivity index (χ0) is 19.2. The van der Waals surface area contributed by atoms with Gasteiger partial charge < -0.3 is 15.0 Å². The predicted molar refractivity (Wildman–Crippen MR) is 110 cm³/mol. The third kappa shape index (κ3) is 5.32. The first-order valence-corrected chi connectivity index (χ1v) is 10.7. The lowest BCUT2D eigenvalue weighted by atomic mass is 10.0. The molecule has 2 aromatic rings. The van der Waals surface area contributed by atoms with Crippen molar-refractivity contribution in [2.24, 2.45) is 0 Å². The van der Waals surface area contributed by atoms with Gasteiger partial charge in [-0.2, -0.15) is 11.3 Å². The first kappa shape index (κ1) is 19.9. The van der Waals surface area contributed by atoms with Gasteiger partial charge in [0.1, 0.15) is 5.75 Å². The first-order valence-electron chi connectivity index (χ1n) is 9.00. The highest BCUT2D eigenvalue weighted by Gasteiger charge is 2.24. The molecule has 0 radical (unpaired) electrons. The van der Waals surface area contributed by atoms with Crippen LogP contribution in [-0.2, 0) is 11.2 Å². The van der Waals surface area contributed by atoms with Crippen molar-refractivity contribution >= 4 is 39.1 Å². The molecule has 0 spiro atoms. The number of halogens is 1. The van der Waals surface area contributed by atoms with Gasteiger partial charge >= 0.3 is 0 Å². The number of thiophene rings is 1. The fourth-order valence-corrected chi connectivity index (χ4v) is 4.43. The van der Waals surface area contributed by atoms with Crippen LogP contribution in [0.1, 0.15) is 35.2 Å². The van der Waals surface area contributed by atoms with Gasteiger partial charge in [-0.15, -0.1) is 0 Å². The molecule has 0 unspecified atom stereocenters. The molecule has 3 rings (SSSR count). The van der Waals surface area contributed by atoms with E-state index in [1.165, 1.54) is 11.3 Å². The molecule has 1 aromatic carbocycles. The quantitative estimate of drug-likeness (QED) is 0.726. The van der Waals surface area contributed by atoms with Crippen LogP contribution in [0.2, 0.25) is 0 Å². The Bertz CT molecular complexity index is 787. The maximum Gasteiger partial charge on any atom is 0.252 e. The van der Waals surface area contributed by atoms with Gasteiger partial charge in [-0.05, 0) is 64.3 Å². The molecule has 1 aromatic heterocycles. The van der Waals surface area contributed by atoms with Crippen molar-refractivity contribution in [1.82, 2.24) is 10.2 Å². The first-order chi connectivity index (χ1) is 13.1. The van der Waals surface area contributed by atoms with Crippen molar-refractivity contribution in [2.45, 2.75) is 31.7 Å². The summed E-state index contributed by atoms with van der Waals surface area (Å²) < 4.78 is 6.13. The van der Waals surface area contributed by atoms with Crippen LogP contribution in [0, 0.1) is 0 Å². The van der Waals surface area contributed by atoms with Gasteiger partial charge in [0.05, 0.1) is 11.6 Å². The number of aryl methyl sites for hydroxylation is 1. The number of hydrogen-bond donors (Lipinski definition) is 1. The second kappa shape index (κ2) is 9.37. The van der Waals surface area contributed by atoms with Crippen LogP contribution >= 0.6 is 27.3 Å². The number of nitrogens with zero attached hydrogens (tertiary/aromatic N) is 1. The summed E-state index contributed by atoms with van der Waals surface area (Å²) in [7, 11) is 1.63. The summed E-state index contributed by atoms with van der Waals surface area (Å²) in [6, 6.07) is 7.86. The molecule has 144 valence electrons. The molecule has 1 aliphatic heterocycles. The minimum atomic E-state index is -0.0221. The molecule has 1 fully saturated rings. The smallest absolute Gasteiger partial charge is 0.252 e. The molecule has 2 heterocycles. The topological polar surface area (TPSA) is 58.6 Å². The van der Waals surface area contributed by atoms with Crippen LogP contribution in [0.25, 0.3) is 0 Å². The minimum Gasteiger partial charge on any atom is -0.496 e. The monoisotopic (exact) mass is 450 g/mol. The molecule has 1 aliphatic rings. The maximum atomic E-state index is 12.5. The third-order valence-electron chi connectivity index (χ3n) is 4.81. The normalized spacial score (nSPS) is 14.8. The molecule has 0 atom stereocenters. The standard InChI is InChI=1S/C20H23BrN2O3S/c1-26-18-4-2-14(12-17(18)21)3-5-19(24)23-9-6-16(7-10-23)22-20(25)15-8-11-27-13-15/h2,4,8,11-13,16H,3,5-7,9-10H2,1H3,(H,22,25). The van der Waals surface area contributed by atoms with Crippen molar-refractivity contribution in [3.8, 4) is 5.75 Å². The van der Waals surface area contributed by atoms with Crippen LogP contribution in [0.15, 0.2) is 39.5 Å². The van der Waals surface area contributed by atoms with Gasteiger partial charge in [-0.3, -0.25) is 9.59 Å². The average Bonchev–Trinajstić information content (AvgIpc) is 3.22. The van der Waals surface area contributed by atoms with Crippen LogP contribution in [0.3, 0.4) is 0 Å². The van der Waals surface area contributed by atoms with Crippen LogP contribution in [-0.4, -0.2) is 43.0 Å². The highest BCUT2D eigenvalue weighted by atomic mass is 79.9. The summed E-state index contributed by atoms with van der Waals surface area (Å²) in [6.07, 6.45) is 2.80. The molecule has 1 saturated heterocycles. The van der Waals surface area contributed by atoms with E-state index < -0.39 is 0 Å². The Hall–Kier alpha value is -1.86. The molecule has 1 N–H and O–H groups in total. The summed E-state index contributed by atoms with van der Waals surface area (Å²) in [5.74, 6) is 0.937. The van der Waals surface area contributed by atoms with E-state index in [9.17, 15) is 9.59 Å². The summed E-state index contributed by atoms with van der Waals surface area (Å²) in [4.78, 5) is 26.5. The number of rotatable bonds is 6. The fourth-order valence-electron chi connectivity index (χ4n) is 3.21. The van der Waals surface area contributed by atoms with E-state index in [-0.39, 0.29) is 17.9 Å². The Morgan fingerprint density at radius 1 is 1.30 bits per heavy atom. The third-order valence-corrected chi connectivity index (χ3v) is 6.11. The lowest BCUT2D eigenvalue weighted by molar-refractivity contribution is -0.132. The lowest BCUT2D eigenvalue weighted by Gasteiger charge is -2.32. The Kier molecular flexibility index (Phi) is 6.90. The number of nitrogens with one attached hydrogen (secondary N) is 1. The molecule has 0 bridgehead atoms.